The van der Waals surface area contributed by atoms with Gasteiger partial charge >= 0.3 is 0 Å². The van der Waals surface area contributed by atoms with Crippen LogP contribution in [0.4, 0.5) is 0 Å². The van der Waals surface area contributed by atoms with Gasteiger partial charge in [-0.15, -0.1) is 0 Å². The Morgan fingerprint density at radius 3 is 1.93 bits per heavy atom. The van der Waals surface area contributed by atoms with E-state index in [-0.39, 0.29) is 62.4 Å². The Morgan fingerprint density at radius 2 is 1.35 bits per heavy atom. The van der Waals surface area contributed by atoms with Crippen LogP contribution in [-0.2, 0) is 55.9 Å². The summed E-state index contributed by atoms with van der Waals surface area (Å²) in [6.07, 6.45) is 2.25. The fourth-order valence-electron chi connectivity index (χ4n) is 4.62. The molecular formula is C31H48IN5O9. The average molecular weight is 762 g/mol. The first-order valence-electron chi connectivity index (χ1n) is 15.5. The zero-order chi connectivity index (χ0) is 33.6. The molecule has 4 amide bonds. The van der Waals surface area contributed by atoms with Gasteiger partial charge in [-0.05, 0) is 37.3 Å². The van der Waals surface area contributed by atoms with Gasteiger partial charge in [-0.2, -0.15) is 0 Å². The minimum atomic E-state index is -0.712. The first kappa shape index (κ1) is 39.5. The molecule has 0 unspecified atom stereocenters. The van der Waals surface area contributed by atoms with Crippen LogP contribution in [0.1, 0.15) is 37.3 Å². The molecule has 0 aliphatic carbocycles. The number of halogens is 1. The Balaban J connectivity index is 1.41. The average Bonchev–Trinajstić information content (AvgIpc) is 3.05. The number of ketones is 1. The maximum absolute atomic E-state index is 13.1. The number of unbranched alkanes of at least 4 members (excludes halogenated alkanes) is 1. The summed E-state index contributed by atoms with van der Waals surface area (Å²) in [7, 11) is 0. The first-order valence-corrected chi connectivity index (χ1v) is 17.1. The van der Waals surface area contributed by atoms with Gasteiger partial charge in [0, 0.05) is 32.6 Å². The summed E-state index contributed by atoms with van der Waals surface area (Å²) in [6, 6.07) is 6.61. The number of carbonyl (C=O) groups is 5. The van der Waals surface area contributed by atoms with Crippen molar-refractivity contribution in [2.45, 2.75) is 51.2 Å². The Morgan fingerprint density at radius 1 is 0.804 bits per heavy atom. The minimum absolute atomic E-state index is 0.0409. The molecule has 5 N–H and O–H groups in total. The lowest BCUT2D eigenvalue weighted by atomic mass is 9.91. The number of hydrogen-bond acceptors (Lipinski definition) is 10. The summed E-state index contributed by atoms with van der Waals surface area (Å²) in [5.74, 6) is -0.841. The number of nitrogens with zero attached hydrogens (tertiary/aromatic N) is 1. The highest BCUT2D eigenvalue weighted by Crippen LogP contribution is 2.24. The highest BCUT2D eigenvalue weighted by molar-refractivity contribution is 14.1. The molecule has 1 aliphatic rings. The van der Waals surface area contributed by atoms with E-state index in [9.17, 15) is 24.0 Å². The number of ether oxygens (including phenoxy) is 4. The molecule has 0 aromatic heterocycles. The predicted octanol–water partition coefficient (Wildman–Crippen LogP) is -0.123. The largest absolute Gasteiger partial charge is 0.377 e. The fourth-order valence-corrected chi connectivity index (χ4v) is 4.89. The van der Waals surface area contributed by atoms with E-state index in [4.69, 9.17) is 24.7 Å². The van der Waals surface area contributed by atoms with Crippen LogP contribution >= 0.6 is 22.6 Å². The molecule has 1 aromatic carbocycles. The molecule has 2 rings (SSSR count). The standard InChI is InChI=1S/C31H48IN5O9/c1-23(38)27-18-24-6-2-3-7-25(24)20-37(27)31(42)26(33)8-4-5-9-34-29(40)21-45-16-15-44-13-11-36-30(41)22-46-17-14-43-12-10-35-28(39)19-32/h2-3,6-7,26-27H,4-5,8-22,33H2,1H3,(H,34,40)(H,35,39)(H,36,41)/t26-,27-/m1/s1. The van der Waals surface area contributed by atoms with E-state index in [0.29, 0.717) is 76.1 Å². The molecule has 46 heavy (non-hydrogen) atoms. The van der Waals surface area contributed by atoms with E-state index < -0.39 is 12.1 Å². The summed E-state index contributed by atoms with van der Waals surface area (Å²) in [6.45, 7) is 4.63. The number of benzene rings is 1. The molecule has 0 spiro atoms. The summed E-state index contributed by atoms with van der Waals surface area (Å²) in [5.41, 5.74) is 8.32. The molecular weight excluding hydrogens is 713 g/mol. The van der Waals surface area contributed by atoms with Gasteiger partial charge in [-0.25, -0.2) is 0 Å². The number of carbonyl (C=O) groups excluding carboxylic acids is 5. The van der Waals surface area contributed by atoms with Crippen molar-refractivity contribution >= 4 is 52.0 Å². The van der Waals surface area contributed by atoms with Gasteiger partial charge < -0.3 is 45.5 Å². The fraction of sp³-hybridized carbons (Fsp3) is 0.645. The summed E-state index contributed by atoms with van der Waals surface area (Å²) < 4.78 is 21.6. The van der Waals surface area contributed by atoms with Crippen LogP contribution < -0.4 is 21.7 Å². The maximum Gasteiger partial charge on any atom is 0.246 e. The third kappa shape index (κ3) is 16.2. The van der Waals surface area contributed by atoms with Gasteiger partial charge in [-0.3, -0.25) is 24.0 Å². The van der Waals surface area contributed by atoms with Gasteiger partial charge in [0.1, 0.15) is 13.2 Å². The molecule has 0 saturated heterocycles. The third-order valence-corrected chi connectivity index (χ3v) is 7.74. The number of rotatable bonds is 24. The van der Waals surface area contributed by atoms with Crippen LogP contribution in [0.5, 0.6) is 0 Å². The van der Waals surface area contributed by atoms with Crippen LogP contribution in [0, 0.1) is 0 Å². The monoisotopic (exact) mass is 761 g/mol. The Hall–Kier alpha value is -2.70. The topological polar surface area (TPSA) is 188 Å². The molecule has 1 aliphatic heterocycles. The molecule has 14 nitrogen and oxygen atoms in total. The number of Topliss-reactive ketones (excluding diaryl/α,β-unsaturated/α-hetero) is 1. The van der Waals surface area contributed by atoms with Crippen molar-refractivity contribution in [1.29, 1.82) is 0 Å². The summed E-state index contributed by atoms with van der Waals surface area (Å²) in [4.78, 5) is 61.7. The normalized spacial score (nSPS) is 14.7. The van der Waals surface area contributed by atoms with Gasteiger partial charge in [-0.1, -0.05) is 46.9 Å². The number of amides is 4. The van der Waals surface area contributed by atoms with Crippen molar-refractivity contribution in [1.82, 2.24) is 20.9 Å². The molecule has 0 saturated carbocycles. The van der Waals surface area contributed by atoms with Gasteiger partial charge in [0.2, 0.25) is 23.6 Å². The van der Waals surface area contributed by atoms with Crippen LogP contribution in [0.3, 0.4) is 0 Å². The second-order valence-corrected chi connectivity index (χ2v) is 11.4. The van der Waals surface area contributed by atoms with E-state index in [1.54, 1.807) is 4.90 Å². The molecule has 0 bridgehead atoms. The first-order chi connectivity index (χ1) is 22.2. The summed E-state index contributed by atoms with van der Waals surface area (Å²) in [5, 5.41) is 8.13. The minimum Gasteiger partial charge on any atom is -0.377 e. The van der Waals surface area contributed by atoms with Crippen molar-refractivity contribution in [3.63, 3.8) is 0 Å². The van der Waals surface area contributed by atoms with Crippen molar-refractivity contribution in [2.75, 3.05) is 76.9 Å². The van der Waals surface area contributed by atoms with E-state index in [0.717, 1.165) is 11.1 Å². The van der Waals surface area contributed by atoms with Crippen LogP contribution in [-0.4, -0.2) is 123 Å². The van der Waals surface area contributed by atoms with Gasteiger partial charge in [0.25, 0.3) is 0 Å². The Labute approximate surface area is 284 Å². The number of nitrogens with two attached hydrogens (primary N) is 1. The van der Waals surface area contributed by atoms with E-state index in [2.05, 4.69) is 16.0 Å². The number of fused-ring (bicyclic) bond motifs is 1. The van der Waals surface area contributed by atoms with Gasteiger partial charge in [0.15, 0.2) is 5.78 Å². The lowest BCUT2D eigenvalue weighted by Gasteiger charge is -2.37. The zero-order valence-electron chi connectivity index (χ0n) is 26.6. The Kier molecular flexibility index (Phi) is 20.2. The lowest BCUT2D eigenvalue weighted by Crippen LogP contribution is -2.53. The van der Waals surface area contributed by atoms with Crippen molar-refractivity contribution in [2.24, 2.45) is 5.73 Å². The van der Waals surface area contributed by atoms with Crippen LogP contribution in [0.15, 0.2) is 24.3 Å². The molecule has 0 fully saturated rings. The van der Waals surface area contributed by atoms with Crippen molar-refractivity contribution in [3.8, 4) is 0 Å². The highest BCUT2D eigenvalue weighted by atomic mass is 127. The molecule has 258 valence electrons. The van der Waals surface area contributed by atoms with E-state index in [1.165, 1.54) is 6.92 Å². The highest BCUT2D eigenvalue weighted by Gasteiger charge is 2.34. The van der Waals surface area contributed by atoms with E-state index in [1.807, 2.05) is 46.9 Å². The smallest absolute Gasteiger partial charge is 0.246 e. The second-order valence-electron chi connectivity index (χ2n) is 10.7. The second kappa shape index (κ2) is 23.6. The van der Waals surface area contributed by atoms with Crippen molar-refractivity contribution in [3.05, 3.63) is 35.4 Å². The predicted molar refractivity (Wildman–Crippen MR) is 178 cm³/mol. The molecule has 2 atom stereocenters. The number of hydrogen-bond donors (Lipinski definition) is 4. The van der Waals surface area contributed by atoms with Crippen LogP contribution in [0.25, 0.3) is 0 Å². The Bertz CT molecular complexity index is 1110. The SMILES string of the molecule is CC(=O)[C@H]1Cc2ccccc2CN1C(=O)[C@H](N)CCCCNC(=O)COCCOCCNC(=O)COCCOCCNC(=O)CI. The summed E-state index contributed by atoms with van der Waals surface area (Å²) >= 11 is 1.98. The quantitative estimate of drug-likeness (QED) is 0.0629. The zero-order valence-corrected chi connectivity index (χ0v) is 28.7. The number of alkyl halides is 1. The maximum atomic E-state index is 13.1. The number of nitrogens with one attached hydrogen (secondary N) is 3. The van der Waals surface area contributed by atoms with Crippen molar-refractivity contribution < 1.29 is 42.9 Å². The van der Waals surface area contributed by atoms with Gasteiger partial charge in [0.05, 0.1) is 56.2 Å². The third-order valence-electron chi connectivity index (χ3n) is 7.05. The van der Waals surface area contributed by atoms with E-state index >= 15 is 0 Å². The molecule has 15 heteroatoms. The molecule has 1 aromatic rings. The van der Waals surface area contributed by atoms with Crippen LogP contribution in [0.2, 0.25) is 0 Å². The lowest BCUT2D eigenvalue weighted by molar-refractivity contribution is -0.141. The molecule has 0 radical (unpaired) electrons. The molecule has 1 heterocycles.